The molecular formula is C22H29IN6O2. The van der Waals surface area contributed by atoms with Gasteiger partial charge in [0, 0.05) is 63.0 Å². The number of guanidine groups is 1. The Kier molecular flexibility index (Phi) is 8.47. The van der Waals surface area contributed by atoms with Gasteiger partial charge in [0.25, 0.3) is 0 Å². The maximum Gasteiger partial charge on any atom is 0.225 e. The van der Waals surface area contributed by atoms with Gasteiger partial charge in [0.2, 0.25) is 5.91 Å². The Morgan fingerprint density at radius 1 is 1.23 bits per heavy atom. The zero-order chi connectivity index (χ0) is 20.8. The summed E-state index contributed by atoms with van der Waals surface area (Å²) in [4.78, 5) is 23.2. The summed E-state index contributed by atoms with van der Waals surface area (Å²) in [6.45, 7) is 4.39. The molecule has 1 fully saturated rings. The summed E-state index contributed by atoms with van der Waals surface area (Å²) in [5.41, 5.74) is 3.17. The molecule has 1 aromatic carbocycles. The lowest BCUT2D eigenvalue weighted by Gasteiger charge is -2.29. The highest BCUT2D eigenvalue weighted by Crippen LogP contribution is 2.31. The fourth-order valence-electron chi connectivity index (χ4n) is 3.93. The second-order valence-corrected chi connectivity index (χ2v) is 7.43. The predicted molar refractivity (Wildman–Crippen MR) is 133 cm³/mol. The Hall–Kier alpha value is -2.40. The number of hydrogen-bond donors (Lipinski definition) is 3. The van der Waals surface area contributed by atoms with Crippen LogP contribution < -0.4 is 20.9 Å². The number of nitrogens with one attached hydrogen (secondary N) is 3. The van der Waals surface area contributed by atoms with Crippen LogP contribution in [0.5, 0.6) is 0 Å². The van der Waals surface area contributed by atoms with E-state index in [4.69, 9.17) is 4.74 Å². The van der Waals surface area contributed by atoms with Crippen molar-refractivity contribution in [1.82, 2.24) is 15.6 Å². The first kappa shape index (κ1) is 23.3. The van der Waals surface area contributed by atoms with Crippen molar-refractivity contribution in [3.63, 3.8) is 0 Å². The van der Waals surface area contributed by atoms with Gasteiger partial charge < -0.3 is 25.6 Å². The number of rotatable bonds is 5. The first-order valence-electron chi connectivity index (χ1n) is 10.3. The molecule has 3 heterocycles. The van der Waals surface area contributed by atoms with Crippen LogP contribution in [-0.2, 0) is 16.1 Å². The molecule has 1 aromatic heterocycles. The summed E-state index contributed by atoms with van der Waals surface area (Å²) < 4.78 is 5.46. The summed E-state index contributed by atoms with van der Waals surface area (Å²) in [6, 6.07) is 12.0. The van der Waals surface area contributed by atoms with E-state index in [1.165, 1.54) is 0 Å². The van der Waals surface area contributed by atoms with Crippen molar-refractivity contribution in [1.29, 1.82) is 0 Å². The van der Waals surface area contributed by atoms with Crippen LogP contribution in [0.25, 0.3) is 0 Å². The van der Waals surface area contributed by atoms with Gasteiger partial charge in [0.05, 0.1) is 13.2 Å². The number of anilines is 2. The summed E-state index contributed by atoms with van der Waals surface area (Å²) in [7, 11) is 1.75. The highest BCUT2D eigenvalue weighted by atomic mass is 127. The van der Waals surface area contributed by atoms with E-state index < -0.39 is 0 Å². The first-order chi connectivity index (χ1) is 14.7. The highest BCUT2D eigenvalue weighted by Gasteiger charge is 2.24. The molecule has 1 saturated heterocycles. The van der Waals surface area contributed by atoms with E-state index in [9.17, 15) is 4.79 Å². The molecular weight excluding hydrogens is 507 g/mol. The molecule has 1 amide bonds. The third kappa shape index (κ3) is 5.85. The molecule has 2 aliphatic rings. The van der Waals surface area contributed by atoms with Crippen LogP contribution in [-0.4, -0.2) is 56.7 Å². The van der Waals surface area contributed by atoms with Gasteiger partial charge in [-0.05, 0) is 17.7 Å². The number of carbonyl (C=O) groups is 1. The van der Waals surface area contributed by atoms with E-state index >= 15 is 0 Å². The number of ether oxygens (including phenoxy) is 1. The van der Waals surface area contributed by atoms with Crippen LogP contribution in [0.1, 0.15) is 23.5 Å². The van der Waals surface area contributed by atoms with Crippen molar-refractivity contribution in [2.24, 2.45) is 4.99 Å². The molecule has 0 bridgehead atoms. The summed E-state index contributed by atoms with van der Waals surface area (Å²) in [6.07, 6.45) is 2.29. The minimum atomic E-state index is 0. The number of aromatic nitrogens is 1. The van der Waals surface area contributed by atoms with Crippen LogP contribution in [0.2, 0.25) is 0 Å². The van der Waals surface area contributed by atoms with Crippen molar-refractivity contribution in [2.45, 2.75) is 18.9 Å². The van der Waals surface area contributed by atoms with Gasteiger partial charge in [-0.1, -0.05) is 24.3 Å². The zero-order valence-corrected chi connectivity index (χ0v) is 20.0. The number of para-hydroxylation sites is 1. The molecule has 2 aliphatic heterocycles. The van der Waals surface area contributed by atoms with Crippen molar-refractivity contribution in [3.8, 4) is 0 Å². The molecule has 31 heavy (non-hydrogen) atoms. The van der Waals surface area contributed by atoms with Gasteiger partial charge in [-0.15, -0.1) is 24.0 Å². The number of hydrogen-bond acceptors (Lipinski definition) is 5. The van der Waals surface area contributed by atoms with E-state index in [0.29, 0.717) is 25.5 Å². The summed E-state index contributed by atoms with van der Waals surface area (Å²) in [5.74, 6) is 1.85. The van der Waals surface area contributed by atoms with Crippen LogP contribution in [0.3, 0.4) is 0 Å². The highest BCUT2D eigenvalue weighted by molar-refractivity contribution is 14.0. The fraction of sp³-hybridized carbons (Fsp3) is 0.409. The summed E-state index contributed by atoms with van der Waals surface area (Å²) >= 11 is 0. The van der Waals surface area contributed by atoms with Crippen molar-refractivity contribution >= 4 is 47.3 Å². The molecule has 9 heteroatoms. The SMILES string of the molecule is CN=C(NCc1cccnc1N1CCOCC1)NCC1CC(=O)Nc2ccccc21.I. The van der Waals surface area contributed by atoms with E-state index in [-0.39, 0.29) is 35.8 Å². The number of pyridine rings is 1. The second kappa shape index (κ2) is 11.3. The van der Waals surface area contributed by atoms with Gasteiger partial charge in [-0.2, -0.15) is 0 Å². The fourth-order valence-corrected chi connectivity index (χ4v) is 3.93. The van der Waals surface area contributed by atoms with Crippen molar-refractivity contribution in [2.75, 3.05) is 50.1 Å². The molecule has 0 spiro atoms. The second-order valence-electron chi connectivity index (χ2n) is 7.43. The van der Waals surface area contributed by atoms with Gasteiger partial charge in [0.15, 0.2) is 5.96 Å². The van der Waals surface area contributed by atoms with E-state index in [1.54, 1.807) is 7.05 Å². The smallest absolute Gasteiger partial charge is 0.225 e. The van der Waals surface area contributed by atoms with Crippen LogP contribution in [0, 0.1) is 0 Å². The molecule has 2 aromatic rings. The number of morpholine rings is 1. The van der Waals surface area contributed by atoms with Crippen LogP contribution in [0.15, 0.2) is 47.6 Å². The number of fused-ring (bicyclic) bond motifs is 1. The lowest BCUT2D eigenvalue weighted by molar-refractivity contribution is -0.116. The molecule has 3 N–H and O–H groups in total. The minimum Gasteiger partial charge on any atom is -0.378 e. The van der Waals surface area contributed by atoms with E-state index in [0.717, 1.165) is 48.9 Å². The molecule has 4 rings (SSSR count). The van der Waals surface area contributed by atoms with Gasteiger partial charge >= 0.3 is 0 Å². The van der Waals surface area contributed by atoms with Crippen molar-refractivity contribution < 1.29 is 9.53 Å². The number of aliphatic imine (C=N–C) groups is 1. The Morgan fingerprint density at radius 2 is 2.03 bits per heavy atom. The summed E-state index contributed by atoms with van der Waals surface area (Å²) in [5, 5.41) is 9.70. The quantitative estimate of drug-likeness (QED) is 0.309. The number of benzene rings is 1. The molecule has 8 nitrogen and oxygen atoms in total. The lowest BCUT2D eigenvalue weighted by atomic mass is 9.90. The Bertz CT molecular complexity index is 916. The van der Waals surface area contributed by atoms with Gasteiger partial charge in [-0.3, -0.25) is 9.79 Å². The molecule has 0 aliphatic carbocycles. The number of halogens is 1. The Balaban J connectivity index is 0.00000272. The third-order valence-electron chi connectivity index (χ3n) is 5.47. The maximum absolute atomic E-state index is 12.0. The van der Waals surface area contributed by atoms with E-state index in [2.05, 4.69) is 43.0 Å². The topological polar surface area (TPSA) is 90.9 Å². The lowest BCUT2D eigenvalue weighted by Crippen LogP contribution is -2.41. The maximum atomic E-state index is 12.0. The first-order valence-corrected chi connectivity index (χ1v) is 10.3. The Labute approximate surface area is 199 Å². The number of carbonyl (C=O) groups excluding carboxylic acids is 1. The number of nitrogens with zero attached hydrogens (tertiary/aromatic N) is 3. The molecule has 0 saturated carbocycles. The van der Waals surface area contributed by atoms with Gasteiger partial charge in [-0.25, -0.2) is 4.98 Å². The van der Waals surface area contributed by atoms with Crippen LogP contribution >= 0.6 is 24.0 Å². The predicted octanol–water partition coefficient (Wildman–Crippen LogP) is 2.33. The normalized spacial score (nSPS) is 18.5. The minimum absolute atomic E-state index is 0. The number of amides is 1. The van der Waals surface area contributed by atoms with Crippen molar-refractivity contribution in [3.05, 3.63) is 53.7 Å². The monoisotopic (exact) mass is 536 g/mol. The average Bonchev–Trinajstić information content (AvgIpc) is 2.79. The van der Waals surface area contributed by atoms with Gasteiger partial charge in [0.1, 0.15) is 5.82 Å². The molecule has 166 valence electrons. The standard InChI is InChI=1S/C22H28N6O2.HI/c1-23-22(26-15-17-13-20(29)27-19-7-3-2-6-18(17)19)25-14-16-5-4-8-24-21(16)28-9-11-30-12-10-28;/h2-8,17H,9-15H2,1H3,(H,27,29)(H2,23,25,26);1H. The molecule has 1 atom stereocenters. The van der Waals surface area contributed by atoms with E-state index in [1.807, 2.05) is 30.5 Å². The zero-order valence-electron chi connectivity index (χ0n) is 17.6. The third-order valence-corrected chi connectivity index (χ3v) is 5.47. The Morgan fingerprint density at radius 3 is 2.84 bits per heavy atom. The largest absolute Gasteiger partial charge is 0.378 e. The average molecular weight is 536 g/mol. The molecule has 1 unspecified atom stereocenters. The molecule has 0 radical (unpaired) electrons. The van der Waals surface area contributed by atoms with Crippen LogP contribution in [0.4, 0.5) is 11.5 Å².